The molecule has 0 aromatic heterocycles. The summed E-state index contributed by atoms with van der Waals surface area (Å²) in [5, 5.41) is -0.507. The first kappa shape index (κ1) is 16.7. The zero-order valence-electron chi connectivity index (χ0n) is 14.1. The van der Waals surface area contributed by atoms with Crippen molar-refractivity contribution < 1.29 is 10.6 Å². The molecule has 4 N–H and O–H groups in total. The van der Waals surface area contributed by atoms with Crippen LogP contribution in [0, 0.1) is 5.41 Å². The molecule has 0 saturated carbocycles. The molecule has 1 atom stereocenters. The molecule has 0 rings (SSSR count). The van der Waals surface area contributed by atoms with Gasteiger partial charge in [-0.3, -0.25) is 4.79 Å². The SMILES string of the molecule is [2H]CC(CC)(C(=O)N=C(N)N)/C(C)=C(\CF)C(C)(C)[B]C. The van der Waals surface area contributed by atoms with Crippen LogP contribution in [0.15, 0.2) is 16.1 Å². The fraction of sp³-hybridized carbons (Fsp3) is 0.714. The number of carbonyl (C=O) groups is 1. The van der Waals surface area contributed by atoms with Gasteiger partial charge >= 0.3 is 0 Å². The van der Waals surface area contributed by atoms with Crippen LogP contribution < -0.4 is 11.5 Å². The molecule has 1 radical (unpaired) electrons. The van der Waals surface area contributed by atoms with E-state index in [4.69, 9.17) is 12.8 Å². The van der Waals surface area contributed by atoms with Crippen molar-refractivity contribution in [3.63, 3.8) is 0 Å². The summed E-state index contributed by atoms with van der Waals surface area (Å²) < 4.78 is 21.4. The molecule has 0 aliphatic carbocycles. The Balaban J connectivity index is 6.19. The molecule has 0 aliphatic rings. The number of amides is 1. The average Bonchev–Trinajstić information content (AvgIpc) is 2.40. The number of allylic oxidation sites excluding steroid dienone is 1. The van der Waals surface area contributed by atoms with Gasteiger partial charge in [-0.25, -0.2) is 4.39 Å². The van der Waals surface area contributed by atoms with Crippen LogP contribution >= 0.6 is 0 Å². The van der Waals surface area contributed by atoms with Gasteiger partial charge in [0.2, 0.25) is 0 Å². The predicted molar refractivity (Wildman–Crippen MR) is 83.5 cm³/mol. The Morgan fingerprint density at radius 2 is 2.00 bits per heavy atom. The third kappa shape index (κ3) is 3.84. The molecule has 0 aromatic carbocycles. The highest BCUT2D eigenvalue weighted by Crippen LogP contribution is 2.43. The topological polar surface area (TPSA) is 81.5 Å². The highest BCUT2D eigenvalue weighted by molar-refractivity contribution is 6.39. The number of nitrogens with zero attached hydrogens (tertiary/aromatic N) is 1. The second-order valence-electron chi connectivity index (χ2n) is 5.53. The lowest BCUT2D eigenvalue weighted by molar-refractivity contribution is -0.124. The fourth-order valence-corrected chi connectivity index (χ4v) is 2.02. The Labute approximate surface area is 123 Å². The number of hydrogen-bond acceptors (Lipinski definition) is 1. The molecule has 4 nitrogen and oxygen atoms in total. The molecule has 113 valence electrons. The number of aliphatic imine (C=N–C) groups is 1. The molecule has 1 unspecified atom stereocenters. The summed E-state index contributed by atoms with van der Waals surface area (Å²) in [5.41, 5.74) is 10.4. The largest absolute Gasteiger partial charge is 0.370 e. The summed E-state index contributed by atoms with van der Waals surface area (Å²) in [6.45, 7) is 8.15. The second-order valence-corrected chi connectivity index (χ2v) is 5.53. The highest BCUT2D eigenvalue weighted by atomic mass is 19.1. The minimum atomic E-state index is -1.19. The molecule has 0 fully saturated rings. The first-order chi connectivity index (χ1) is 9.62. The maximum atomic E-state index is 13.6. The van der Waals surface area contributed by atoms with Crippen molar-refractivity contribution in [2.75, 3.05) is 6.67 Å². The van der Waals surface area contributed by atoms with Gasteiger partial charge in [-0.1, -0.05) is 33.2 Å². The number of guanidine groups is 1. The fourth-order valence-electron chi connectivity index (χ4n) is 2.02. The van der Waals surface area contributed by atoms with Crippen LogP contribution in [0.4, 0.5) is 4.39 Å². The summed E-state index contributed by atoms with van der Waals surface area (Å²) in [7, 11) is 1.88. The lowest BCUT2D eigenvalue weighted by atomic mass is 9.51. The summed E-state index contributed by atoms with van der Waals surface area (Å²) in [6, 6.07) is 0. The van der Waals surface area contributed by atoms with E-state index in [0.29, 0.717) is 17.6 Å². The van der Waals surface area contributed by atoms with Gasteiger partial charge in [0.25, 0.3) is 5.91 Å². The summed E-state index contributed by atoms with van der Waals surface area (Å²) in [4.78, 5) is 16.0. The zero-order chi connectivity index (χ0) is 16.8. The van der Waals surface area contributed by atoms with Crippen molar-refractivity contribution in [1.29, 1.82) is 0 Å². The van der Waals surface area contributed by atoms with Crippen molar-refractivity contribution in [1.82, 2.24) is 0 Å². The van der Waals surface area contributed by atoms with Crippen LogP contribution in [0.25, 0.3) is 0 Å². The number of rotatable bonds is 6. The molecular formula is C14H26BFN3O. The zero-order valence-corrected chi connectivity index (χ0v) is 13.1. The molecule has 0 spiro atoms. The van der Waals surface area contributed by atoms with E-state index in [1.807, 2.05) is 28.0 Å². The highest BCUT2D eigenvalue weighted by Gasteiger charge is 2.37. The van der Waals surface area contributed by atoms with Crippen molar-refractivity contribution in [3.8, 4) is 0 Å². The minimum Gasteiger partial charge on any atom is -0.370 e. The molecule has 0 heterocycles. The predicted octanol–water partition coefficient (Wildman–Crippen LogP) is 2.44. The summed E-state index contributed by atoms with van der Waals surface area (Å²) in [5.74, 6) is -0.933. The second kappa shape index (κ2) is 6.91. The Hall–Kier alpha value is -1.33. The maximum Gasteiger partial charge on any atom is 0.258 e. The van der Waals surface area contributed by atoms with Crippen molar-refractivity contribution in [2.24, 2.45) is 21.9 Å². The third-order valence-corrected chi connectivity index (χ3v) is 4.05. The number of alkyl halides is 1. The van der Waals surface area contributed by atoms with E-state index in [1.165, 1.54) is 0 Å². The van der Waals surface area contributed by atoms with E-state index in [1.54, 1.807) is 13.8 Å². The Kier molecular flexibility index (Phi) is 5.78. The van der Waals surface area contributed by atoms with Crippen LogP contribution in [0.1, 0.15) is 42.4 Å². The monoisotopic (exact) mass is 283 g/mol. The Bertz CT molecular complexity index is 442. The first-order valence-electron chi connectivity index (χ1n) is 7.34. The third-order valence-electron chi connectivity index (χ3n) is 4.05. The normalized spacial score (nSPS) is 16.6. The Morgan fingerprint density at radius 3 is 2.30 bits per heavy atom. The number of carbonyl (C=O) groups excluding carboxylic acids is 1. The average molecular weight is 283 g/mol. The van der Waals surface area contributed by atoms with Gasteiger partial charge in [0.1, 0.15) is 14.0 Å². The van der Waals surface area contributed by atoms with Crippen molar-refractivity contribution >= 4 is 19.1 Å². The van der Waals surface area contributed by atoms with E-state index < -0.39 is 23.3 Å². The molecule has 6 heteroatoms. The van der Waals surface area contributed by atoms with Gasteiger partial charge in [-0.05, 0) is 31.1 Å². The smallest absolute Gasteiger partial charge is 0.258 e. The molecule has 0 aromatic rings. The van der Waals surface area contributed by atoms with Crippen molar-refractivity contribution in [2.45, 2.75) is 53.2 Å². The van der Waals surface area contributed by atoms with Crippen LogP contribution in [0.3, 0.4) is 0 Å². The van der Waals surface area contributed by atoms with Gasteiger partial charge in [0, 0.05) is 1.37 Å². The molecule has 1 amide bonds. The van der Waals surface area contributed by atoms with Gasteiger partial charge < -0.3 is 11.5 Å². The lowest BCUT2D eigenvalue weighted by Crippen LogP contribution is -2.34. The molecule has 20 heavy (non-hydrogen) atoms. The van der Waals surface area contributed by atoms with Gasteiger partial charge in [-0.15, -0.1) is 0 Å². The summed E-state index contributed by atoms with van der Waals surface area (Å²) in [6.07, 6.45) is 0.335. The van der Waals surface area contributed by atoms with E-state index in [2.05, 4.69) is 4.99 Å². The number of hydrogen-bond donors (Lipinski definition) is 2. The van der Waals surface area contributed by atoms with Crippen molar-refractivity contribution in [3.05, 3.63) is 11.1 Å². The van der Waals surface area contributed by atoms with Crippen LogP contribution in [-0.2, 0) is 4.79 Å². The standard InChI is InChI=1S/C14H26BFN3O/c1-7-14(5,11(20)19-12(17)18)9(2)10(8-16)13(3,4)15-6/h7-8H2,1-6H3,(H4,17,18,19,20)/b10-9+/i5D. The van der Waals surface area contributed by atoms with E-state index >= 15 is 0 Å². The maximum absolute atomic E-state index is 13.6. The quantitative estimate of drug-likeness (QED) is 0.340. The Morgan fingerprint density at radius 1 is 1.45 bits per heavy atom. The minimum absolute atomic E-state index is 0.228. The lowest BCUT2D eigenvalue weighted by Gasteiger charge is -2.34. The molecule has 0 saturated heterocycles. The van der Waals surface area contributed by atoms with Crippen LogP contribution in [0.5, 0.6) is 0 Å². The molecular weight excluding hydrogens is 256 g/mol. The van der Waals surface area contributed by atoms with Crippen LogP contribution in [0.2, 0.25) is 12.1 Å². The van der Waals surface area contributed by atoms with Gasteiger partial charge in [0.05, 0.1) is 5.41 Å². The van der Waals surface area contributed by atoms with Gasteiger partial charge in [0.15, 0.2) is 5.96 Å². The van der Waals surface area contributed by atoms with Gasteiger partial charge in [-0.2, -0.15) is 4.99 Å². The number of halogens is 1. The van der Waals surface area contributed by atoms with E-state index in [-0.39, 0.29) is 12.9 Å². The van der Waals surface area contributed by atoms with E-state index in [9.17, 15) is 9.18 Å². The first-order valence-corrected chi connectivity index (χ1v) is 6.63. The molecule has 0 aliphatic heterocycles. The molecule has 0 bridgehead atoms. The van der Waals surface area contributed by atoms with Crippen LogP contribution in [-0.4, -0.2) is 25.8 Å². The summed E-state index contributed by atoms with van der Waals surface area (Å²) >= 11 is 0. The van der Waals surface area contributed by atoms with E-state index in [0.717, 1.165) is 0 Å². The number of nitrogens with two attached hydrogens (primary N) is 2.